The highest BCUT2D eigenvalue weighted by molar-refractivity contribution is 7.99. The molecule has 0 radical (unpaired) electrons. The molecular formula is C16H22N4S. The van der Waals surface area contributed by atoms with Gasteiger partial charge in [0, 0.05) is 17.8 Å². The van der Waals surface area contributed by atoms with Crippen molar-refractivity contribution in [2.45, 2.75) is 43.5 Å². The number of hydrogen-bond donors (Lipinski definition) is 1. The van der Waals surface area contributed by atoms with E-state index in [0.29, 0.717) is 6.04 Å². The fraction of sp³-hybridized carbons (Fsp3) is 0.500. The molecule has 2 aromatic rings. The second-order valence-electron chi connectivity index (χ2n) is 5.55. The van der Waals surface area contributed by atoms with Gasteiger partial charge in [0.25, 0.3) is 0 Å². The Balaban J connectivity index is 1.52. The molecule has 4 nitrogen and oxygen atoms in total. The van der Waals surface area contributed by atoms with Crippen molar-refractivity contribution in [3.8, 4) is 5.69 Å². The Morgan fingerprint density at radius 3 is 2.67 bits per heavy atom. The molecule has 5 heteroatoms. The Bertz CT molecular complexity index is 546. The van der Waals surface area contributed by atoms with Crippen molar-refractivity contribution in [2.75, 3.05) is 6.26 Å². The number of nitrogens with one attached hydrogen (secondary N) is 1. The topological polar surface area (TPSA) is 42.7 Å². The van der Waals surface area contributed by atoms with Crippen molar-refractivity contribution in [1.82, 2.24) is 20.3 Å². The Morgan fingerprint density at radius 1 is 1.19 bits per heavy atom. The summed E-state index contributed by atoms with van der Waals surface area (Å²) in [6.45, 7) is 0.807. The highest BCUT2D eigenvalue weighted by Gasteiger charge is 2.20. The molecule has 1 aromatic heterocycles. The lowest BCUT2D eigenvalue weighted by molar-refractivity contribution is 0.377. The maximum absolute atomic E-state index is 4.53. The molecule has 0 amide bonds. The normalized spacial score (nSPS) is 22.3. The minimum Gasteiger partial charge on any atom is -0.308 e. The molecule has 0 saturated heterocycles. The zero-order valence-electron chi connectivity index (χ0n) is 12.4. The minimum absolute atomic E-state index is 0.635. The van der Waals surface area contributed by atoms with E-state index < -0.39 is 0 Å². The molecule has 1 N–H and O–H groups in total. The molecule has 0 unspecified atom stereocenters. The van der Waals surface area contributed by atoms with E-state index >= 15 is 0 Å². The quantitative estimate of drug-likeness (QED) is 0.922. The second-order valence-corrected chi connectivity index (χ2v) is 6.69. The van der Waals surface area contributed by atoms with Crippen LogP contribution in [-0.2, 0) is 6.54 Å². The number of rotatable bonds is 5. The van der Waals surface area contributed by atoms with Crippen molar-refractivity contribution in [3.05, 3.63) is 42.2 Å². The van der Waals surface area contributed by atoms with Gasteiger partial charge in [-0.2, -0.15) is 26.8 Å². The van der Waals surface area contributed by atoms with E-state index in [1.54, 1.807) is 4.80 Å². The zero-order chi connectivity index (χ0) is 14.5. The molecule has 1 aliphatic rings. The van der Waals surface area contributed by atoms with Gasteiger partial charge in [0.2, 0.25) is 0 Å². The van der Waals surface area contributed by atoms with Crippen LogP contribution in [0.5, 0.6) is 0 Å². The molecule has 0 atom stereocenters. The molecular weight excluding hydrogens is 280 g/mol. The van der Waals surface area contributed by atoms with Crippen LogP contribution in [0.3, 0.4) is 0 Å². The van der Waals surface area contributed by atoms with Crippen LogP contribution in [-0.4, -0.2) is 32.5 Å². The van der Waals surface area contributed by atoms with Gasteiger partial charge in [0.15, 0.2) is 0 Å². The fourth-order valence-electron chi connectivity index (χ4n) is 2.81. The Morgan fingerprint density at radius 2 is 1.95 bits per heavy atom. The number of aromatic nitrogens is 3. The van der Waals surface area contributed by atoms with Gasteiger partial charge in [0.05, 0.1) is 17.6 Å². The zero-order valence-corrected chi connectivity index (χ0v) is 13.2. The number of nitrogens with zero attached hydrogens (tertiary/aromatic N) is 3. The van der Waals surface area contributed by atoms with Crippen molar-refractivity contribution in [1.29, 1.82) is 0 Å². The van der Waals surface area contributed by atoms with Crippen molar-refractivity contribution < 1.29 is 0 Å². The van der Waals surface area contributed by atoms with Gasteiger partial charge < -0.3 is 5.32 Å². The lowest BCUT2D eigenvalue weighted by atomic mass is 9.95. The maximum Gasteiger partial charge on any atom is 0.0969 e. The Hall–Kier alpha value is -1.33. The van der Waals surface area contributed by atoms with Crippen LogP contribution >= 0.6 is 11.8 Å². The fourth-order valence-corrected chi connectivity index (χ4v) is 3.56. The van der Waals surface area contributed by atoms with Crippen molar-refractivity contribution in [3.63, 3.8) is 0 Å². The Kier molecular flexibility index (Phi) is 4.93. The van der Waals surface area contributed by atoms with E-state index in [-0.39, 0.29) is 0 Å². The van der Waals surface area contributed by atoms with Crippen LogP contribution in [0.1, 0.15) is 31.4 Å². The smallest absolute Gasteiger partial charge is 0.0969 e. The third-order valence-corrected chi connectivity index (χ3v) is 5.24. The molecule has 3 rings (SSSR count). The number of para-hydroxylation sites is 1. The van der Waals surface area contributed by atoms with Gasteiger partial charge in [-0.1, -0.05) is 18.2 Å². The monoisotopic (exact) mass is 302 g/mol. The third kappa shape index (κ3) is 3.86. The van der Waals surface area contributed by atoms with E-state index in [4.69, 9.17) is 0 Å². The van der Waals surface area contributed by atoms with Crippen LogP contribution in [0.4, 0.5) is 0 Å². The van der Waals surface area contributed by atoms with Crippen molar-refractivity contribution in [2.24, 2.45) is 0 Å². The number of thioether (sulfide) groups is 1. The van der Waals surface area contributed by atoms with Gasteiger partial charge >= 0.3 is 0 Å². The van der Waals surface area contributed by atoms with Gasteiger partial charge in [0.1, 0.15) is 0 Å². The third-order valence-electron chi connectivity index (χ3n) is 4.11. The molecule has 0 bridgehead atoms. The molecule has 0 aliphatic heterocycles. The summed E-state index contributed by atoms with van der Waals surface area (Å²) in [6.07, 6.45) is 9.29. The van der Waals surface area contributed by atoms with E-state index in [9.17, 15) is 0 Å². The van der Waals surface area contributed by atoms with Crippen LogP contribution in [0.2, 0.25) is 0 Å². The minimum atomic E-state index is 0.635. The summed E-state index contributed by atoms with van der Waals surface area (Å²) in [5.74, 6) is 0. The molecule has 1 heterocycles. The molecule has 1 saturated carbocycles. The van der Waals surface area contributed by atoms with Gasteiger partial charge in [-0.25, -0.2) is 0 Å². The molecule has 1 aromatic carbocycles. The molecule has 112 valence electrons. The summed E-state index contributed by atoms with van der Waals surface area (Å²) < 4.78 is 0. The highest BCUT2D eigenvalue weighted by atomic mass is 32.2. The van der Waals surface area contributed by atoms with E-state index in [1.165, 1.54) is 25.7 Å². The SMILES string of the molecule is CSC1CCC(NCc2cnn(-c3ccccc3)n2)CC1. The standard InChI is InChI=1S/C16H22N4S/c1-21-16-9-7-13(8-10-16)17-11-14-12-18-20(19-14)15-5-3-2-4-6-15/h2-6,12-13,16-17H,7-11H2,1H3. The average Bonchev–Trinajstić information content (AvgIpc) is 3.03. The summed E-state index contributed by atoms with van der Waals surface area (Å²) in [5.41, 5.74) is 2.01. The number of benzene rings is 1. The molecule has 1 fully saturated rings. The first-order valence-electron chi connectivity index (χ1n) is 7.58. The average molecular weight is 302 g/mol. The van der Waals surface area contributed by atoms with Gasteiger partial charge in [-0.3, -0.25) is 0 Å². The first-order chi connectivity index (χ1) is 10.3. The predicted molar refractivity (Wildman–Crippen MR) is 87.8 cm³/mol. The van der Waals surface area contributed by atoms with Crippen LogP contribution in [0.15, 0.2) is 36.5 Å². The molecule has 0 spiro atoms. The number of hydrogen-bond acceptors (Lipinski definition) is 4. The largest absolute Gasteiger partial charge is 0.308 e. The Labute approximate surface area is 130 Å². The second kappa shape index (κ2) is 7.09. The summed E-state index contributed by atoms with van der Waals surface area (Å²) in [4.78, 5) is 1.70. The van der Waals surface area contributed by atoms with Gasteiger partial charge in [-0.15, -0.1) is 0 Å². The van der Waals surface area contributed by atoms with Gasteiger partial charge in [-0.05, 0) is 44.1 Å². The molecule has 21 heavy (non-hydrogen) atoms. The van der Waals surface area contributed by atoms with E-state index in [0.717, 1.165) is 23.2 Å². The lowest BCUT2D eigenvalue weighted by Crippen LogP contribution is -2.33. The first-order valence-corrected chi connectivity index (χ1v) is 8.87. The first kappa shape index (κ1) is 14.6. The van der Waals surface area contributed by atoms with Crippen LogP contribution in [0, 0.1) is 0 Å². The maximum atomic E-state index is 4.53. The van der Waals surface area contributed by atoms with E-state index in [2.05, 4.69) is 21.8 Å². The summed E-state index contributed by atoms with van der Waals surface area (Å²) in [5, 5.41) is 13.4. The van der Waals surface area contributed by atoms with Crippen LogP contribution in [0.25, 0.3) is 5.69 Å². The summed E-state index contributed by atoms with van der Waals surface area (Å²) >= 11 is 2.01. The van der Waals surface area contributed by atoms with Crippen LogP contribution < -0.4 is 5.32 Å². The predicted octanol–water partition coefficient (Wildman–Crippen LogP) is 3.03. The summed E-state index contributed by atoms with van der Waals surface area (Å²) in [7, 11) is 0. The highest BCUT2D eigenvalue weighted by Crippen LogP contribution is 2.26. The lowest BCUT2D eigenvalue weighted by Gasteiger charge is -2.27. The van der Waals surface area contributed by atoms with Crippen molar-refractivity contribution >= 4 is 11.8 Å². The summed E-state index contributed by atoms with van der Waals surface area (Å²) in [6, 6.07) is 10.7. The molecule has 1 aliphatic carbocycles. The van der Waals surface area contributed by atoms with E-state index in [1.807, 2.05) is 48.3 Å².